The minimum absolute atomic E-state index is 0.772. The molecule has 0 atom stereocenters. The monoisotopic (exact) mass is 247 g/mol. The summed E-state index contributed by atoms with van der Waals surface area (Å²) in [5, 5.41) is 3.32. The minimum atomic E-state index is 0.772. The van der Waals surface area contributed by atoms with Crippen LogP contribution in [-0.4, -0.2) is 33.4 Å². The Bertz CT molecular complexity index is 401. The second kappa shape index (κ2) is 7.19. The summed E-state index contributed by atoms with van der Waals surface area (Å²) in [5.74, 6) is 1.05. The molecule has 1 aromatic carbocycles. The van der Waals surface area contributed by atoms with Crippen molar-refractivity contribution in [1.29, 1.82) is 0 Å². The van der Waals surface area contributed by atoms with Gasteiger partial charge < -0.3 is 14.8 Å². The first-order chi connectivity index (χ1) is 8.90. The van der Waals surface area contributed by atoms with Crippen LogP contribution in [0.1, 0.15) is 17.5 Å². The highest BCUT2D eigenvalue weighted by Crippen LogP contribution is 2.26. The van der Waals surface area contributed by atoms with E-state index >= 15 is 0 Å². The lowest BCUT2D eigenvalue weighted by Gasteiger charge is -2.01. The molecule has 0 bridgehead atoms. The van der Waals surface area contributed by atoms with Gasteiger partial charge in [0.15, 0.2) is 0 Å². The summed E-state index contributed by atoms with van der Waals surface area (Å²) in [5.41, 5.74) is 2.59. The number of nitrogens with one attached hydrogen (secondary N) is 1. The molecule has 0 saturated carbocycles. The first-order valence-electron chi connectivity index (χ1n) is 6.52. The molecule has 0 aliphatic carbocycles. The molecule has 0 radical (unpaired) electrons. The summed E-state index contributed by atoms with van der Waals surface area (Å²) in [6.07, 6.45) is 6.46. The highest BCUT2D eigenvalue weighted by atomic mass is 16.5. The third-order valence-corrected chi connectivity index (χ3v) is 2.99. The number of hydrogen-bond donors (Lipinski definition) is 1. The molecule has 98 valence electrons. The van der Waals surface area contributed by atoms with Gasteiger partial charge in [-0.1, -0.05) is 18.2 Å². The van der Waals surface area contributed by atoms with Crippen LogP contribution >= 0.6 is 0 Å². The lowest BCUT2D eigenvalue weighted by atomic mass is 10.1. The van der Waals surface area contributed by atoms with Crippen LogP contribution in [0.5, 0.6) is 5.75 Å². The number of fused-ring (bicyclic) bond motifs is 1. The Morgan fingerprint density at radius 3 is 3.22 bits per heavy atom. The van der Waals surface area contributed by atoms with E-state index in [-0.39, 0.29) is 0 Å². The van der Waals surface area contributed by atoms with Gasteiger partial charge >= 0.3 is 0 Å². The highest BCUT2D eigenvalue weighted by Gasteiger charge is 2.10. The predicted octanol–water partition coefficient (Wildman–Crippen LogP) is 2.26. The normalized spacial score (nSPS) is 13.8. The fourth-order valence-corrected chi connectivity index (χ4v) is 2.01. The average molecular weight is 247 g/mol. The Morgan fingerprint density at radius 2 is 2.33 bits per heavy atom. The van der Waals surface area contributed by atoms with E-state index in [1.54, 1.807) is 7.11 Å². The maximum Gasteiger partial charge on any atom is 0.122 e. The molecular weight excluding hydrogens is 226 g/mol. The van der Waals surface area contributed by atoms with Crippen molar-refractivity contribution in [3.05, 3.63) is 35.4 Å². The first-order valence-corrected chi connectivity index (χ1v) is 6.52. The molecule has 1 aromatic rings. The van der Waals surface area contributed by atoms with Crippen molar-refractivity contribution in [1.82, 2.24) is 5.32 Å². The average Bonchev–Trinajstić information content (AvgIpc) is 2.85. The van der Waals surface area contributed by atoms with Gasteiger partial charge in [-0.3, -0.25) is 0 Å². The Balaban J connectivity index is 1.72. The molecule has 0 amide bonds. The smallest absolute Gasteiger partial charge is 0.122 e. The molecular formula is C15H21NO2. The van der Waals surface area contributed by atoms with Gasteiger partial charge in [0, 0.05) is 20.1 Å². The molecule has 3 nitrogen and oxygen atoms in total. The van der Waals surface area contributed by atoms with E-state index in [0.29, 0.717) is 0 Å². The first kappa shape index (κ1) is 13.1. The van der Waals surface area contributed by atoms with Crippen molar-refractivity contribution in [2.75, 3.05) is 33.4 Å². The molecule has 1 aliphatic rings. The van der Waals surface area contributed by atoms with E-state index in [0.717, 1.165) is 44.9 Å². The Labute approximate surface area is 109 Å². The SMILES string of the molecule is COCCNCC/C=C/c1ccc2c(c1)CCO2. The molecule has 3 heteroatoms. The summed E-state index contributed by atoms with van der Waals surface area (Å²) in [7, 11) is 1.72. The van der Waals surface area contributed by atoms with Crippen LogP contribution in [-0.2, 0) is 11.2 Å². The number of ether oxygens (including phenoxy) is 2. The van der Waals surface area contributed by atoms with Crippen LogP contribution < -0.4 is 10.1 Å². The van der Waals surface area contributed by atoms with Crippen LogP contribution in [0.4, 0.5) is 0 Å². The lowest BCUT2D eigenvalue weighted by molar-refractivity contribution is 0.199. The molecule has 1 heterocycles. The van der Waals surface area contributed by atoms with Crippen LogP contribution in [0.2, 0.25) is 0 Å². The van der Waals surface area contributed by atoms with E-state index < -0.39 is 0 Å². The van der Waals surface area contributed by atoms with Gasteiger partial charge in [0.1, 0.15) is 5.75 Å². The van der Waals surface area contributed by atoms with Crippen molar-refractivity contribution in [3.8, 4) is 5.75 Å². The lowest BCUT2D eigenvalue weighted by Crippen LogP contribution is -2.19. The third kappa shape index (κ3) is 3.86. The fourth-order valence-electron chi connectivity index (χ4n) is 2.01. The summed E-state index contributed by atoms with van der Waals surface area (Å²) in [4.78, 5) is 0. The number of rotatable bonds is 7. The van der Waals surface area contributed by atoms with Gasteiger partial charge in [0.2, 0.25) is 0 Å². The molecule has 0 saturated heterocycles. The molecule has 2 rings (SSSR count). The van der Waals surface area contributed by atoms with Crippen molar-refractivity contribution < 1.29 is 9.47 Å². The molecule has 0 fully saturated rings. The van der Waals surface area contributed by atoms with E-state index in [9.17, 15) is 0 Å². The molecule has 1 N–H and O–H groups in total. The Hall–Kier alpha value is -1.32. The predicted molar refractivity (Wildman–Crippen MR) is 74.0 cm³/mol. The van der Waals surface area contributed by atoms with Crippen LogP contribution in [0.15, 0.2) is 24.3 Å². The van der Waals surface area contributed by atoms with Gasteiger partial charge in [0.25, 0.3) is 0 Å². The number of hydrogen-bond acceptors (Lipinski definition) is 3. The van der Waals surface area contributed by atoms with E-state index in [4.69, 9.17) is 9.47 Å². The second-order valence-electron chi connectivity index (χ2n) is 4.40. The van der Waals surface area contributed by atoms with Crippen LogP contribution in [0.25, 0.3) is 6.08 Å². The zero-order valence-corrected chi connectivity index (χ0v) is 10.9. The van der Waals surface area contributed by atoms with Gasteiger partial charge in [0.05, 0.1) is 13.2 Å². The number of methoxy groups -OCH3 is 1. The quantitative estimate of drug-likeness (QED) is 0.750. The maximum atomic E-state index is 5.49. The van der Waals surface area contributed by atoms with E-state index in [1.807, 2.05) is 0 Å². The molecule has 0 aromatic heterocycles. The van der Waals surface area contributed by atoms with Gasteiger partial charge in [-0.15, -0.1) is 0 Å². The van der Waals surface area contributed by atoms with Crippen LogP contribution in [0, 0.1) is 0 Å². The van der Waals surface area contributed by atoms with Crippen molar-refractivity contribution in [2.24, 2.45) is 0 Å². The summed E-state index contributed by atoms with van der Waals surface area (Å²) in [6.45, 7) is 3.51. The van der Waals surface area contributed by atoms with Gasteiger partial charge in [-0.2, -0.15) is 0 Å². The third-order valence-electron chi connectivity index (χ3n) is 2.99. The van der Waals surface area contributed by atoms with Gasteiger partial charge in [-0.05, 0) is 36.2 Å². The molecule has 18 heavy (non-hydrogen) atoms. The van der Waals surface area contributed by atoms with E-state index in [1.165, 1.54) is 11.1 Å². The minimum Gasteiger partial charge on any atom is -0.493 e. The Kier molecular flexibility index (Phi) is 5.24. The standard InChI is InChI=1S/C15H21NO2/c1-17-11-9-16-8-3-2-4-13-5-6-15-14(12-13)7-10-18-15/h2,4-6,12,16H,3,7-11H2,1H3/b4-2+. The summed E-state index contributed by atoms with van der Waals surface area (Å²) >= 11 is 0. The molecule has 1 aliphatic heterocycles. The summed E-state index contributed by atoms with van der Waals surface area (Å²) < 4.78 is 10.5. The Morgan fingerprint density at radius 1 is 1.39 bits per heavy atom. The highest BCUT2D eigenvalue weighted by molar-refractivity contribution is 5.54. The van der Waals surface area contributed by atoms with Crippen molar-refractivity contribution >= 4 is 6.08 Å². The van der Waals surface area contributed by atoms with E-state index in [2.05, 4.69) is 35.7 Å². The molecule has 0 unspecified atom stereocenters. The summed E-state index contributed by atoms with van der Waals surface area (Å²) in [6, 6.07) is 6.40. The van der Waals surface area contributed by atoms with Crippen molar-refractivity contribution in [3.63, 3.8) is 0 Å². The van der Waals surface area contributed by atoms with Gasteiger partial charge in [-0.25, -0.2) is 0 Å². The maximum absolute atomic E-state index is 5.49. The number of benzene rings is 1. The zero-order valence-electron chi connectivity index (χ0n) is 10.9. The second-order valence-corrected chi connectivity index (χ2v) is 4.40. The largest absolute Gasteiger partial charge is 0.493 e. The van der Waals surface area contributed by atoms with Crippen LogP contribution in [0.3, 0.4) is 0 Å². The topological polar surface area (TPSA) is 30.5 Å². The zero-order chi connectivity index (χ0) is 12.6. The fraction of sp³-hybridized carbons (Fsp3) is 0.467. The molecule has 0 spiro atoms. The van der Waals surface area contributed by atoms with Crippen molar-refractivity contribution in [2.45, 2.75) is 12.8 Å².